The molecular weight excluding hydrogens is 234 g/mol. The maximum Gasteiger partial charge on any atom is 0.132 e. The Bertz CT molecular complexity index is 515. The number of aliphatic hydroxyl groups is 1. The fourth-order valence-electron chi connectivity index (χ4n) is 1.35. The zero-order chi connectivity index (χ0) is 11.7. The normalized spacial score (nSPS) is 12.8. The van der Waals surface area contributed by atoms with E-state index in [0.29, 0.717) is 10.6 Å². The molecule has 0 radical (unpaired) electrons. The maximum absolute atomic E-state index is 13.4. The van der Waals surface area contributed by atoms with Crippen LogP contribution in [0.15, 0.2) is 18.2 Å². The van der Waals surface area contributed by atoms with Gasteiger partial charge in [0.2, 0.25) is 0 Å². The van der Waals surface area contributed by atoms with Crippen molar-refractivity contribution in [2.45, 2.75) is 13.0 Å². The topological polar surface area (TPSA) is 46.0 Å². The Morgan fingerprint density at radius 1 is 1.38 bits per heavy atom. The van der Waals surface area contributed by atoms with Gasteiger partial charge in [-0.05, 0) is 24.5 Å². The molecule has 1 aromatic heterocycles. The molecule has 0 spiro atoms. The lowest BCUT2D eigenvalue weighted by Crippen LogP contribution is -2.02. The van der Waals surface area contributed by atoms with E-state index in [2.05, 4.69) is 9.59 Å². The standard InChI is InChI=1S/C10H8F2N2OS/c1-5-10(16-14-13-5)9(15)7-3-2-6(11)4-8(7)12/h2-4,9,15H,1H3. The van der Waals surface area contributed by atoms with E-state index in [1.54, 1.807) is 6.92 Å². The molecule has 0 aliphatic carbocycles. The smallest absolute Gasteiger partial charge is 0.132 e. The summed E-state index contributed by atoms with van der Waals surface area (Å²) in [4.78, 5) is 0.463. The van der Waals surface area contributed by atoms with Crippen molar-refractivity contribution in [1.29, 1.82) is 0 Å². The Morgan fingerprint density at radius 2 is 2.12 bits per heavy atom. The average Bonchev–Trinajstić information content (AvgIpc) is 2.63. The molecule has 0 fully saturated rings. The highest BCUT2D eigenvalue weighted by atomic mass is 32.1. The van der Waals surface area contributed by atoms with Gasteiger partial charge in [-0.15, -0.1) is 5.10 Å². The van der Waals surface area contributed by atoms with Crippen LogP contribution < -0.4 is 0 Å². The lowest BCUT2D eigenvalue weighted by atomic mass is 10.1. The molecule has 3 nitrogen and oxygen atoms in total. The molecule has 16 heavy (non-hydrogen) atoms. The summed E-state index contributed by atoms with van der Waals surface area (Å²) in [5.74, 6) is -1.45. The summed E-state index contributed by atoms with van der Waals surface area (Å²) in [6, 6.07) is 3.06. The summed E-state index contributed by atoms with van der Waals surface area (Å²) < 4.78 is 29.7. The average molecular weight is 242 g/mol. The highest BCUT2D eigenvalue weighted by Crippen LogP contribution is 2.28. The summed E-state index contributed by atoms with van der Waals surface area (Å²) in [7, 11) is 0. The third-order valence-corrected chi connectivity index (χ3v) is 3.07. The molecule has 1 atom stereocenters. The van der Waals surface area contributed by atoms with Crippen LogP contribution in [0.25, 0.3) is 0 Å². The van der Waals surface area contributed by atoms with Crippen molar-refractivity contribution in [3.63, 3.8) is 0 Å². The molecule has 84 valence electrons. The quantitative estimate of drug-likeness (QED) is 0.878. The summed E-state index contributed by atoms with van der Waals surface area (Å²) in [6.45, 7) is 1.67. The van der Waals surface area contributed by atoms with Crippen LogP contribution in [0.2, 0.25) is 0 Å². The molecule has 0 aliphatic rings. The van der Waals surface area contributed by atoms with Crippen LogP contribution in [0.5, 0.6) is 0 Å². The van der Waals surface area contributed by atoms with Gasteiger partial charge in [0.15, 0.2) is 0 Å². The van der Waals surface area contributed by atoms with Crippen molar-refractivity contribution in [1.82, 2.24) is 9.59 Å². The zero-order valence-corrected chi connectivity index (χ0v) is 9.13. The predicted octanol–water partition coefficient (Wildman–Crippen LogP) is 2.21. The second-order valence-corrected chi connectivity index (χ2v) is 4.08. The van der Waals surface area contributed by atoms with Gasteiger partial charge in [0.1, 0.15) is 17.7 Å². The minimum atomic E-state index is -1.15. The summed E-state index contributed by atoms with van der Waals surface area (Å²) in [6.07, 6.45) is -1.15. The van der Waals surface area contributed by atoms with Gasteiger partial charge in [0, 0.05) is 11.6 Å². The van der Waals surface area contributed by atoms with Crippen LogP contribution in [-0.2, 0) is 0 Å². The van der Waals surface area contributed by atoms with E-state index < -0.39 is 17.7 Å². The molecule has 0 saturated carbocycles. The summed E-state index contributed by atoms with van der Waals surface area (Å²) in [5.41, 5.74) is 0.566. The lowest BCUT2D eigenvalue weighted by Gasteiger charge is -2.09. The Labute approximate surface area is 94.5 Å². The van der Waals surface area contributed by atoms with E-state index >= 15 is 0 Å². The van der Waals surface area contributed by atoms with E-state index in [0.717, 1.165) is 23.7 Å². The SMILES string of the molecule is Cc1nnsc1C(O)c1ccc(F)cc1F. The van der Waals surface area contributed by atoms with E-state index in [9.17, 15) is 13.9 Å². The van der Waals surface area contributed by atoms with Crippen molar-refractivity contribution in [3.05, 3.63) is 46.0 Å². The third kappa shape index (κ3) is 1.94. The highest BCUT2D eigenvalue weighted by Gasteiger charge is 2.19. The molecule has 0 saturated heterocycles. The minimum Gasteiger partial charge on any atom is -0.383 e. The van der Waals surface area contributed by atoms with E-state index in [1.807, 2.05) is 0 Å². The number of aliphatic hydroxyl groups excluding tert-OH is 1. The Morgan fingerprint density at radius 3 is 2.69 bits per heavy atom. The zero-order valence-electron chi connectivity index (χ0n) is 8.32. The second kappa shape index (κ2) is 4.23. The van der Waals surface area contributed by atoms with Crippen molar-refractivity contribution in [3.8, 4) is 0 Å². The van der Waals surface area contributed by atoms with Gasteiger partial charge in [-0.1, -0.05) is 10.6 Å². The second-order valence-electron chi connectivity index (χ2n) is 3.29. The Balaban J connectivity index is 2.41. The van der Waals surface area contributed by atoms with Crippen LogP contribution in [0.4, 0.5) is 8.78 Å². The summed E-state index contributed by atoms with van der Waals surface area (Å²) >= 11 is 0.994. The van der Waals surface area contributed by atoms with E-state index in [4.69, 9.17) is 0 Å². The first kappa shape index (κ1) is 11.1. The number of rotatable bonds is 2. The number of benzene rings is 1. The maximum atomic E-state index is 13.4. The molecule has 0 amide bonds. The number of hydrogen-bond acceptors (Lipinski definition) is 4. The Kier molecular flexibility index (Phi) is 2.93. The number of aryl methyl sites for hydroxylation is 1. The predicted molar refractivity (Wildman–Crippen MR) is 55.1 cm³/mol. The largest absolute Gasteiger partial charge is 0.383 e. The molecular formula is C10H8F2N2OS. The number of halogens is 2. The van der Waals surface area contributed by atoms with Crippen molar-refractivity contribution < 1.29 is 13.9 Å². The molecule has 0 aliphatic heterocycles. The minimum absolute atomic E-state index is 0.0237. The number of hydrogen-bond donors (Lipinski definition) is 1. The van der Waals surface area contributed by atoms with Gasteiger partial charge >= 0.3 is 0 Å². The summed E-state index contributed by atoms with van der Waals surface area (Å²) in [5, 5.41) is 13.6. The highest BCUT2D eigenvalue weighted by molar-refractivity contribution is 7.05. The molecule has 2 rings (SSSR count). The first-order valence-corrected chi connectivity index (χ1v) is 5.29. The molecule has 1 N–H and O–H groups in total. The van der Waals surface area contributed by atoms with Crippen molar-refractivity contribution in [2.24, 2.45) is 0 Å². The number of aromatic nitrogens is 2. The monoisotopic (exact) mass is 242 g/mol. The van der Waals surface area contributed by atoms with Gasteiger partial charge in [-0.2, -0.15) is 0 Å². The molecule has 1 aromatic carbocycles. The van der Waals surface area contributed by atoms with Crippen molar-refractivity contribution >= 4 is 11.5 Å². The van der Waals surface area contributed by atoms with Gasteiger partial charge in [-0.25, -0.2) is 8.78 Å². The van der Waals surface area contributed by atoms with Crippen LogP contribution in [0.3, 0.4) is 0 Å². The molecule has 1 heterocycles. The first-order chi connectivity index (χ1) is 7.59. The van der Waals surface area contributed by atoms with E-state index in [1.165, 1.54) is 6.07 Å². The van der Waals surface area contributed by atoms with Crippen LogP contribution in [0, 0.1) is 18.6 Å². The fraction of sp³-hybridized carbons (Fsp3) is 0.200. The molecule has 1 unspecified atom stereocenters. The third-order valence-electron chi connectivity index (χ3n) is 2.19. The Hall–Kier alpha value is -1.40. The van der Waals surface area contributed by atoms with Gasteiger partial charge in [0.25, 0.3) is 0 Å². The molecule has 0 bridgehead atoms. The lowest BCUT2D eigenvalue weighted by molar-refractivity contribution is 0.217. The fourth-order valence-corrected chi connectivity index (χ4v) is 2.00. The molecule has 6 heteroatoms. The van der Waals surface area contributed by atoms with Crippen molar-refractivity contribution in [2.75, 3.05) is 0 Å². The number of nitrogens with zero attached hydrogens (tertiary/aromatic N) is 2. The van der Waals surface area contributed by atoms with Crippen LogP contribution in [0.1, 0.15) is 22.2 Å². The van der Waals surface area contributed by atoms with Gasteiger partial charge in [-0.3, -0.25) is 0 Å². The van der Waals surface area contributed by atoms with Gasteiger partial charge in [0.05, 0.1) is 10.6 Å². The van der Waals surface area contributed by atoms with E-state index in [-0.39, 0.29) is 5.56 Å². The van der Waals surface area contributed by atoms with Crippen LogP contribution in [-0.4, -0.2) is 14.7 Å². The first-order valence-electron chi connectivity index (χ1n) is 4.51. The van der Waals surface area contributed by atoms with Gasteiger partial charge < -0.3 is 5.11 Å². The molecule has 2 aromatic rings. The van der Waals surface area contributed by atoms with Crippen LogP contribution >= 0.6 is 11.5 Å².